The molecule has 0 fully saturated rings. The van der Waals surface area contributed by atoms with E-state index in [0.717, 1.165) is 11.4 Å². The van der Waals surface area contributed by atoms with E-state index < -0.39 is 5.41 Å². The fourth-order valence-electron chi connectivity index (χ4n) is 12.0. The SMILES string of the molecule is c1ccc(-c2ccc(-c3cc4c(N(c5ccc6c(c5)C5(c7ccccc7-6)c6ccccc6-n6c7ccccc7c7cccc5c76)c5sc6ccccc6c5-c5ccccc5)cccc4s3)cc2)cc1. The largest absolute Gasteiger partial charge is 0.309 e. The summed E-state index contributed by atoms with van der Waals surface area (Å²) in [6.45, 7) is 0. The van der Waals surface area contributed by atoms with Crippen LogP contribution in [0.2, 0.25) is 0 Å². The molecule has 0 bridgehead atoms. The molecule has 1 aliphatic carbocycles. The Balaban J connectivity index is 1.01. The van der Waals surface area contributed by atoms with Crippen LogP contribution < -0.4 is 4.90 Å². The first-order chi connectivity index (χ1) is 34.2. The van der Waals surface area contributed by atoms with Gasteiger partial charge in [0.05, 0.1) is 27.8 Å². The van der Waals surface area contributed by atoms with Crippen molar-refractivity contribution in [1.29, 1.82) is 0 Å². The second-order valence-electron chi connectivity index (χ2n) is 18.3. The number of benzene rings is 10. The molecular formula is C65H40N2S2. The van der Waals surface area contributed by atoms with Gasteiger partial charge in [-0.3, -0.25) is 0 Å². The van der Waals surface area contributed by atoms with Crippen LogP contribution >= 0.6 is 22.7 Å². The number of rotatable bonds is 6. The van der Waals surface area contributed by atoms with Crippen molar-refractivity contribution in [2.24, 2.45) is 0 Å². The van der Waals surface area contributed by atoms with Crippen LogP contribution in [0.15, 0.2) is 243 Å². The van der Waals surface area contributed by atoms with Gasteiger partial charge in [-0.05, 0) is 104 Å². The first-order valence-electron chi connectivity index (χ1n) is 23.7. The molecule has 322 valence electrons. The fourth-order valence-corrected chi connectivity index (χ4v) is 14.3. The molecule has 1 atom stereocenters. The molecule has 69 heavy (non-hydrogen) atoms. The highest BCUT2D eigenvalue weighted by molar-refractivity contribution is 7.24. The van der Waals surface area contributed by atoms with Gasteiger partial charge < -0.3 is 9.47 Å². The Morgan fingerprint density at radius 2 is 0.986 bits per heavy atom. The minimum atomic E-state index is -0.579. The third kappa shape index (κ3) is 5.47. The lowest BCUT2D eigenvalue weighted by Gasteiger charge is -2.40. The fraction of sp³-hybridized carbons (Fsp3) is 0.0154. The van der Waals surface area contributed by atoms with Gasteiger partial charge in [0, 0.05) is 47.1 Å². The van der Waals surface area contributed by atoms with Crippen LogP contribution in [0, 0.1) is 0 Å². The van der Waals surface area contributed by atoms with E-state index in [1.54, 1.807) is 0 Å². The van der Waals surface area contributed by atoms with E-state index in [4.69, 9.17) is 0 Å². The van der Waals surface area contributed by atoms with Gasteiger partial charge >= 0.3 is 0 Å². The number of para-hydroxylation sites is 3. The number of hydrogen-bond acceptors (Lipinski definition) is 3. The summed E-state index contributed by atoms with van der Waals surface area (Å²) >= 11 is 3.75. The normalized spacial score (nSPS) is 14.4. The van der Waals surface area contributed by atoms with Gasteiger partial charge in [0.1, 0.15) is 5.00 Å². The molecule has 1 spiro atoms. The van der Waals surface area contributed by atoms with Crippen LogP contribution in [0.25, 0.3) is 91.5 Å². The van der Waals surface area contributed by atoms with Crippen molar-refractivity contribution in [3.63, 3.8) is 0 Å². The molecule has 10 aromatic carbocycles. The van der Waals surface area contributed by atoms with Gasteiger partial charge in [-0.1, -0.05) is 194 Å². The predicted molar refractivity (Wildman–Crippen MR) is 293 cm³/mol. The summed E-state index contributed by atoms with van der Waals surface area (Å²) in [5, 5.41) is 6.26. The summed E-state index contributed by atoms with van der Waals surface area (Å²) in [5.41, 5.74) is 19.4. The summed E-state index contributed by atoms with van der Waals surface area (Å²) in [4.78, 5) is 3.84. The van der Waals surface area contributed by atoms with E-state index in [0.29, 0.717) is 0 Å². The van der Waals surface area contributed by atoms with Crippen molar-refractivity contribution in [3.05, 3.63) is 265 Å². The van der Waals surface area contributed by atoms with Crippen LogP contribution in [0.3, 0.4) is 0 Å². The van der Waals surface area contributed by atoms with E-state index in [2.05, 4.69) is 252 Å². The molecule has 0 N–H and O–H groups in total. The van der Waals surface area contributed by atoms with Crippen molar-refractivity contribution in [3.8, 4) is 49.5 Å². The Kier molecular flexibility index (Phi) is 8.35. The van der Waals surface area contributed by atoms with Crippen LogP contribution in [-0.4, -0.2) is 4.57 Å². The Hall–Kier alpha value is -8.28. The monoisotopic (exact) mass is 912 g/mol. The van der Waals surface area contributed by atoms with Crippen LogP contribution in [0.5, 0.6) is 0 Å². The first kappa shape index (κ1) is 38.8. The topological polar surface area (TPSA) is 8.17 Å². The lowest BCUT2D eigenvalue weighted by molar-refractivity contribution is 0.748. The van der Waals surface area contributed by atoms with E-state index in [9.17, 15) is 0 Å². The molecule has 0 radical (unpaired) electrons. The highest BCUT2D eigenvalue weighted by Crippen LogP contribution is 2.62. The Labute approximate surface area is 407 Å². The van der Waals surface area contributed by atoms with Crippen molar-refractivity contribution in [1.82, 2.24) is 4.57 Å². The second kappa shape index (κ2) is 14.9. The quantitative estimate of drug-likeness (QED) is 0.161. The second-order valence-corrected chi connectivity index (χ2v) is 20.4. The summed E-state index contributed by atoms with van der Waals surface area (Å²) in [6, 6.07) is 90.6. The Bertz CT molecular complexity index is 4200. The third-order valence-electron chi connectivity index (χ3n) is 14.8. The van der Waals surface area contributed by atoms with Crippen LogP contribution in [0.4, 0.5) is 16.4 Å². The van der Waals surface area contributed by atoms with Gasteiger partial charge in [0.2, 0.25) is 0 Å². The average molecular weight is 913 g/mol. The third-order valence-corrected chi connectivity index (χ3v) is 17.1. The number of fused-ring (bicyclic) bond motifs is 14. The highest BCUT2D eigenvalue weighted by Gasteiger charge is 2.51. The standard InChI is InChI=1S/C65H40N2S2/c1-3-17-41(18-4-1)42-33-35-43(36-34-42)61-40-51-57(30-16-32-60(51)68-61)66(64-62(44-19-5-2-6-20-44)50-23-9-14-31-59(50)69-64)45-37-38-47-46-21-7-10-25-52(46)65(55(47)39-45)53-26-11-13-29-58(53)67-56-28-12-8-22-48(56)49-24-15-27-54(65)63(49)67/h1-40H. The molecular weight excluding hydrogens is 873 g/mol. The van der Waals surface area contributed by atoms with E-state index in [1.807, 2.05) is 22.7 Å². The Morgan fingerprint density at radius 1 is 0.377 bits per heavy atom. The summed E-state index contributed by atoms with van der Waals surface area (Å²) in [7, 11) is 0. The van der Waals surface area contributed by atoms with Crippen LogP contribution in [-0.2, 0) is 5.41 Å². The predicted octanol–water partition coefficient (Wildman–Crippen LogP) is 18.4. The molecule has 4 heteroatoms. The lowest BCUT2D eigenvalue weighted by atomic mass is 9.65. The Morgan fingerprint density at radius 3 is 1.84 bits per heavy atom. The smallest absolute Gasteiger partial charge is 0.109 e. The van der Waals surface area contributed by atoms with Crippen molar-refractivity contribution >= 4 is 81.0 Å². The number of anilines is 3. The van der Waals surface area contributed by atoms with E-state index in [1.165, 1.54) is 119 Å². The maximum Gasteiger partial charge on any atom is 0.109 e. The van der Waals surface area contributed by atoms with Gasteiger partial charge in [-0.2, -0.15) is 0 Å². The minimum Gasteiger partial charge on any atom is -0.309 e. The number of aromatic nitrogens is 1. The molecule has 0 saturated heterocycles. The molecule has 2 aliphatic rings. The van der Waals surface area contributed by atoms with Crippen LogP contribution in [0.1, 0.15) is 22.3 Å². The zero-order valence-electron chi connectivity index (χ0n) is 37.3. The molecule has 4 heterocycles. The maximum atomic E-state index is 2.59. The summed E-state index contributed by atoms with van der Waals surface area (Å²) in [5.74, 6) is 0. The summed E-state index contributed by atoms with van der Waals surface area (Å²) < 4.78 is 5.05. The first-order valence-corrected chi connectivity index (χ1v) is 25.3. The van der Waals surface area contributed by atoms with Crippen molar-refractivity contribution < 1.29 is 0 Å². The molecule has 3 aromatic heterocycles. The molecule has 1 aliphatic heterocycles. The maximum absolute atomic E-state index is 2.59. The van der Waals surface area contributed by atoms with Crippen molar-refractivity contribution in [2.45, 2.75) is 5.41 Å². The van der Waals surface area contributed by atoms with Gasteiger partial charge in [-0.25, -0.2) is 0 Å². The van der Waals surface area contributed by atoms with Crippen molar-refractivity contribution in [2.75, 3.05) is 4.90 Å². The summed E-state index contributed by atoms with van der Waals surface area (Å²) in [6.07, 6.45) is 0. The molecule has 13 aromatic rings. The number of nitrogens with zero attached hydrogens (tertiary/aromatic N) is 2. The number of hydrogen-bond donors (Lipinski definition) is 0. The molecule has 0 amide bonds. The van der Waals surface area contributed by atoms with Gasteiger partial charge in [0.25, 0.3) is 0 Å². The van der Waals surface area contributed by atoms with E-state index in [-0.39, 0.29) is 0 Å². The zero-order valence-corrected chi connectivity index (χ0v) is 38.9. The average Bonchev–Trinajstić information content (AvgIpc) is 4.19. The van der Waals surface area contributed by atoms with Gasteiger partial charge in [0.15, 0.2) is 0 Å². The van der Waals surface area contributed by atoms with E-state index >= 15 is 0 Å². The zero-order chi connectivity index (χ0) is 45.2. The molecule has 0 saturated carbocycles. The number of thiophene rings is 2. The minimum absolute atomic E-state index is 0.579. The molecule has 15 rings (SSSR count). The van der Waals surface area contributed by atoms with Gasteiger partial charge in [-0.15, -0.1) is 22.7 Å². The lowest BCUT2D eigenvalue weighted by Crippen LogP contribution is -2.33. The highest BCUT2D eigenvalue weighted by atomic mass is 32.1. The molecule has 1 unspecified atom stereocenters. The molecule has 2 nitrogen and oxygen atoms in total.